The lowest BCUT2D eigenvalue weighted by Gasteiger charge is -2.07. The van der Waals surface area contributed by atoms with Gasteiger partial charge in [-0.15, -0.1) is 0 Å². The third kappa shape index (κ3) is 3.25. The molecule has 0 atom stereocenters. The number of H-pyrrole nitrogens is 1. The van der Waals surface area contributed by atoms with Crippen LogP contribution in [-0.2, 0) is 11.2 Å². The maximum absolute atomic E-state index is 11.9. The summed E-state index contributed by atoms with van der Waals surface area (Å²) in [5.74, 6) is 0.872. The first-order valence-corrected chi connectivity index (χ1v) is 7.21. The van der Waals surface area contributed by atoms with E-state index in [1.54, 1.807) is 0 Å². The Morgan fingerprint density at radius 3 is 2.91 bits per heavy atom. The predicted octanol–water partition coefficient (Wildman–Crippen LogP) is 3.14. The highest BCUT2D eigenvalue weighted by Gasteiger charge is 2.07. The molecule has 0 aliphatic carbocycles. The second-order valence-corrected chi connectivity index (χ2v) is 4.94. The van der Waals surface area contributed by atoms with Crippen LogP contribution in [0.15, 0.2) is 48.5 Å². The van der Waals surface area contributed by atoms with Gasteiger partial charge in [0, 0.05) is 0 Å². The van der Waals surface area contributed by atoms with Crippen molar-refractivity contribution in [1.29, 1.82) is 0 Å². The van der Waals surface area contributed by atoms with Crippen LogP contribution >= 0.6 is 0 Å². The van der Waals surface area contributed by atoms with Crippen molar-refractivity contribution in [3.05, 3.63) is 54.1 Å². The van der Waals surface area contributed by atoms with Crippen LogP contribution in [0.25, 0.3) is 11.0 Å². The van der Waals surface area contributed by atoms with Gasteiger partial charge in [0.25, 0.3) is 5.91 Å². The van der Waals surface area contributed by atoms with Gasteiger partial charge in [-0.3, -0.25) is 10.1 Å². The molecule has 1 amide bonds. The Labute approximate surface area is 128 Å². The summed E-state index contributed by atoms with van der Waals surface area (Å²) in [4.78, 5) is 19.3. The van der Waals surface area contributed by atoms with E-state index in [2.05, 4.69) is 22.2 Å². The molecule has 5 nitrogen and oxygen atoms in total. The number of rotatable bonds is 5. The Balaban J connectivity index is 1.60. The smallest absolute Gasteiger partial charge is 0.264 e. The van der Waals surface area contributed by atoms with Crippen molar-refractivity contribution in [2.45, 2.75) is 13.3 Å². The van der Waals surface area contributed by atoms with Crippen LogP contribution in [0.2, 0.25) is 0 Å². The first-order valence-electron chi connectivity index (χ1n) is 7.21. The van der Waals surface area contributed by atoms with Crippen LogP contribution in [0.3, 0.4) is 0 Å². The highest BCUT2D eigenvalue weighted by atomic mass is 16.5. The van der Waals surface area contributed by atoms with E-state index in [0.717, 1.165) is 17.5 Å². The fourth-order valence-electron chi connectivity index (χ4n) is 2.18. The molecule has 0 radical (unpaired) electrons. The molecule has 2 N–H and O–H groups in total. The van der Waals surface area contributed by atoms with E-state index >= 15 is 0 Å². The Kier molecular flexibility index (Phi) is 4.05. The second-order valence-electron chi connectivity index (χ2n) is 4.94. The van der Waals surface area contributed by atoms with Crippen LogP contribution in [0.1, 0.15) is 12.5 Å². The number of hydrogen-bond donors (Lipinski definition) is 2. The fourth-order valence-corrected chi connectivity index (χ4v) is 2.18. The van der Waals surface area contributed by atoms with Crippen molar-refractivity contribution < 1.29 is 9.53 Å². The van der Waals surface area contributed by atoms with Crippen LogP contribution in [0.5, 0.6) is 5.75 Å². The average molecular weight is 295 g/mol. The Morgan fingerprint density at radius 2 is 2.09 bits per heavy atom. The molecule has 1 aromatic heterocycles. The molecule has 0 unspecified atom stereocenters. The van der Waals surface area contributed by atoms with Gasteiger partial charge in [-0.25, -0.2) is 4.98 Å². The lowest BCUT2D eigenvalue weighted by atomic mass is 10.2. The fraction of sp³-hybridized carbons (Fsp3) is 0.176. The molecule has 5 heteroatoms. The molecule has 112 valence electrons. The second kappa shape index (κ2) is 6.30. The number of nitrogens with one attached hydrogen (secondary N) is 2. The van der Waals surface area contributed by atoms with E-state index in [1.165, 1.54) is 5.56 Å². The summed E-state index contributed by atoms with van der Waals surface area (Å²) in [6, 6.07) is 15.3. The SMILES string of the molecule is CCc1cccc(OCC(=O)Nc2nc3ccccc3[nH]2)c1. The molecule has 1 heterocycles. The molecule has 0 aliphatic heterocycles. The summed E-state index contributed by atoms with van der Waals surface area (Å²) in [7, 11) is 0. The minimum absolute atomic E-state index is 0.0514. The lowest BCUT2D eigenvalue weighted by molar-refractivity contribution is -0.118. The largest absolute Gasteiger partial charge is 0.484 e. The number of benzene rings is 2. The number of para-hydroxylation sites is 2. The summed E-state index contributed by atoms with van der Waals surface area (Å²) < 4.78 is 5.50. The molecular formula is C17H17N3O2. The molecule has 0 saturated carbocycles. The predicted molar refractivity (Wildman–Crippen MR) is 86.0 cm³/mol. The zero-order valence-electron chi connectivity index (χ0n) is 12.3. The minimum Gasteiger partial charge on any atom is -0.484 e. The molecule has 0 saturated heterocycles. The van der Waals surface area contributed by atoms with Gasteiger partial charge >= 0.3 is 0 Å². The van der Waals surface area contributed by atoms with E-state index in [4.69, 9.17) is 4.74 Å². The van der Waals surface area contributed by atoms with Gasteiger partial charge in [0.15, 0.2) is 6.61 Å². The molecular weight excluding hydrogens is 278 g/mol. The number of carbonyl (C=O) groups excluding carboxylic acids is 1. The minimum atomic E-state index is -0.249. The zero-order valence-corrected chi connectivity index (χ0v) is 12.3. The number of nitrogens with zero attached hydrogens (tertiary/aromatic N) is 1. The van der Waals surface area contributed by atoms with Crippen LogP contribution in [0.4, 0.5) is 5.95 Å². The number of imidazole rings is 1. The highest BCUT2D eigenvalue weighted by Crippen LogP contribution is 2.15. The number of aryl methyl sites for hydroxylation is 1. The highest BCUT2D eigenvalue weighted by molar-refractivity contribution is 5.92. The van der Waals surface area contributed by atoms with E-state index < -0.39 is 0 Å². The van der Waals surface area contributed by atoms with Gasteiger partial charge in [0.2, 0.25) is 5.95 Å². The summed E-state index contributed by atoms with van der Waals surface area (Å²) in [6.45, 7) is 2.03. The lowest BCUT2D eigenvalue weighted by Crippen LogP contribution is -2.20. The number of anilines is 1. The molecule has 3 aromatic rings. The number of carbonyl (C=O) groups is 1. The van der Waals surface area contributed by atoms with Gasteiger partial charge in [-0.05, 0) is 36.2 Å². The van der Waals surface area contributed by atoms with Crippen LogP contribution in [0, 0.1) is 0 Å². The van der Waals surface area contributed by atoms with Crippen molar-refractivity contribution in [2.24, 2.45) is 0 Å². The van der Waals surface area contributed by atoms with Crippen molar-refractivity contribution in [3.63, 3.8) is 0 Å². The maximum Gasteiger partial charge on any atom is 0.264 e. The quantitative estimate of drug-likeness (QED) is 0.760. The third-order valence-electron chi connectivity index (χ3n) is 3.32. The Bertz CT molecular complexity index is 762. The average Bonchev–Trinajstić information content (AvgIpc) is 2.95. The van der Waals surface area contributed by atoms with Crippen LogP contribution < -0.4 is 10.1 Å². The van der Waals surface area contributed by atoms with Crippen molar-refractivity contribution in [2.75, 3.05) is 11.9 Å². The van der Waals surface area contributed by atoms with Gasteiger partial charge in [0.05, 0.1) is 11.0 Å². The summed E-state index contributed by atoms with van der Waals surface area (Å²) in [5, 5.41) is 2.70. The van der Waals surface area contributed by atoms with E-state index in [9.17, 15) is 4.79 Å². The molecule has 0 bridgehead atoms. The monoisotopic (exact) mass is 295 g/mol. The molecule has 0 aliphatic rings. The summed E-state index contributed by atoms with van der Waals surface area (Å²) >= 11 is 0. The van der Waals surface area contributed by atoms with E-state index in [0.29, 0.717) is 11.7 Å². The normalized spacial score (nSPS) is 10.6. The van der Waals surface area contributed by atoms with Crippen molar-refractivity contribution >= 4 is 22.9 Å². The standard InChI is InChI=1S/C17H17N3O2/c1-2-12-6-5-7-13(10-12)22-11-16(21)20-17-18-14-8-3-4-9-15(14)19-17/h3-10H,2,11H2,1H3,(H2,18,19,20,21). The molecule has 0 spiro atoms. The summed E-state index contributed by atoms with van der Waals surface area (Å²) in [5.41, 5.74) is 2.87. The van der Waals surface area contributed by atoms with E-state index in [-0.39, 0.29) is 12.5 Å². The summed E-state index contributed by atoms with van der Waals surface area (Å²) in [6.07, 6.45) is 0.933. The van der Waals surface area contributed by atoms with Gasteiger partial charge < -0.3 is 9.72 Å². The van der Waals surface area contributed by atoms with Gasteiger partial charge in [-0.2, -0.15) is 0 Å². The van der Waals surface area contributed by atoms with Crippen molar-refractivity contribution in [1.82, 2.24) is 9.97 Å². The molecule has 0 fully saturated rings. The van der Waals surface area contributed by atoms with Gasteiger partial charge in [-0.1, -0.05) is 31.2 Å². The number of aromatic nitrogens is 2. The molecule has 3 rings (SSSR count). The Hall–Kier alpha value is -2.82. The molecule has 2 aromatic carbocycles. The third-order valence-corrected chi connectivity index (χ3v) is 3.32. The van der Waals surface area contributed by atoms with E-state index in [1.807, 2.05) is 48.5 Å². The topological polar surface area (TPSA) is 67.0 Å². The maximum atomic E-state index is 11.9. The number of hydrogen-bond acceptors (Lipinski definition) is 3. The van der Waals surface area contributed by atoms with Gasteiger partial charge in [0.1, 0.15) is 5.75 Å². The zero-order chi connectivity index (χ0) is 15.4. The molecule has 22 heavy (non-hydrogen) atoms. The number of fused-ring (bicyclic) bond motifs is 1. The number of amides is 1. The first-order chi connectivity index (χ1) is 10.7. The van der Waals surface area contributed by atoms with Crippen LogP contribution in [-0.4, -0.2) is 22.5 Å². The first kappa shape index (κ1) is 14.1. The van der Waals surface area contributed by atoms with Crippen molar-refractivity contribution in [3.8, 4) is 5.75 Å². The Morgan fingerprint density at radius 1 is 1.23 bits per heavy atom. The number of ether oxygens (including phenoxy) is 1. The number of aromatic amines is 1.